The molecule has 0 aromatic heterocycles. The normalized spacial score (nSPS) is 16.4. The van der Waals surface area contributed by atoms with Gasteiger partial charge in [-0.25, -0.2) is 0 Å². The lowest BCUT2D eigenvalue weighted by molar-refractivity contribution is -0.134. The summed E-state index contributed by atoms with van der Waals surface area (Å²) >= 11 is 0. The summed E-state index contributed by atoms with van der Waals surface area (Å²) in [6, 6.07) is 0.482. The van der Waals surface area contributed by atoms with Gasteiger partial charge in [0, 0.05) is 19.0 Å². The maximum atomic E-state index is 12.2. The first kappa shape index (κ1) is 17.7. The van der Waals surface area contributed by atoms with E-state index in [0.717, 1.165) is 51.7 Å². The van der Waals surface area contributed by atoms with Gasteiger partial charge in [0.25, 0.3) is 0 Å². The highest BCUT2D eigenvalue weighted by atomic mass is 35.5. The third kappa shape index (κ3) is 6.05. The lowest BCUT2D eigenvalue weighted by atomic mass is 10.0. The molecule has 1 aliphatic heterocycles. The minimum atomic E-state index is 0. The molecular formula is C14H29ClN2O. The molecule has 1 saturated heterocycles. The summed E-state index contributed by atoms with van der Waals surface area (Å²) in [4.78, 5) is 14.4. The van der Waals surface area contributed by atoms with Crippen LogP contribution in [0, 0.1) is 5.92 Å². The number of nitrogens with one attached hydrogen (secondary N) is 1. The Morgan fingerprint density at radius 1 is 1.33 bits per heavy atom. The highest BCUT2D eigenvalue weighted by Crippen LogP contribution is 2.15. The minimum Gasteiger partial charge on any atom is -0.340 e. The summed E-state index contributed by atoms with van der Waals surface area (Å²) in [6.45, 7) is 9.57. The van der Waals surface area contributed by atoms with Gasteiger partial charge in [-0.1, -0.05) is 20.8 Å². The fourth-order valence-electron chi connectivity index (χ4n) is 2.43. The van der Waals surface area contributed by atoms with E-state index in [1.165, 1.54) is 0 Å². The first-order valence-electron chi connectivity index (χ1n) is 7.15. The second-order valence-corrected chi connectivity index (χ2v) is 5.50. The maximum Gasteiger partial charge on any atom is 0.222 e. The average molecular weight is 277 g/mol. The van der Waals surface area contributed by atoms with Crippen molar-refractivity contribution in [2.45, 2.75) is 58.9 Å². The van der Waals surface area contributed by atoms with Crippen molar-refractivity contribution in [3.8, 4) is 0 Å². The van der Waals surface area contributed by atoms with Gasteiger partial charge in [0.15, 0.2) is 0 Å². The van der Waals surface area contributed by atoms with E-state index in [1.807, 2.05) is 0 Å². The predicted octanol–water partition coefficient (Wildman–Crippen LogP) is 2.84. The molecule has 0 aliphatic carbocycles. The molecule has 0 aromatic carbocycles. The number of carbonyl (C=O) groups excluding carboxylic acids is 1. The topological polar surface area (TPSA) is 32.3 Å². The molecule has 0 unspecified atom stereocenters. The van der Waals surface area contributed by atoms with Gasteiger partial charge in [0.2, 0.25) is 5.91 Å². The van der Waals surface area contributed by atoms with Crippen LogP contribution in [0.1, 0.15) is 52.9 Å². The zero-order valence-corrected chi connectivity index (χ0v) is 12.9. The molecule has 0 atom stereocenters. The smallest absolute Gasteiger partial charge is 0.222 e. The van der Waals surface area contributed by atoms with Crippen molar-refractivity contribution in [3.05, 3.63) is 0 Å². The van der Waals surface area contributed by atoms with E-state index in [2.05, 4.69) is 31.0 Å². The van der Waals surface area contributed by atoms with Crippen LogP contribution in [0.4, 0.5) is 0 Å². The molecule has 0 spiro atoms. The number of halogens is 1. The van der Waals surface area contributed by atoms with Crippen molar-refractivity contribution >= 4 is 18.3 Å². The Balaban J connectivity index is 0.00000289. The second kappa shape index (κ2) is 9.62. The zero-order valence-electron chi connectivity index (χ0n) is 12.1. The van der Waals surface area contributed by atoms with E-state index < -0.39 is 0 Å². The molecule has 108 valence electrons. The van der Waals surface area contributed by atoms with Gasteiger partial charge in [-0.05, 0) is 44.7 Å². The van der Waals surface area contributed by atoms with Crippen molar-refractivity contribution < 1.29 is 4.79 Å². The third-order valence-electron chi connectivity index (χ3n) is 3.47. The Morgan fingerprint density at radius 3 is 2.44 bits per heavy atom. The van der Waals surface area contributed by atoms with Crippen LogP contribution < -0.4 is 5.32 Å². The van der Waals surface area contributed by atoms with Crippen LogP contribution in [0.25, 0.3) is 0 Å². The zero-order chi connectivity index (χ0) is 12.7. The maximum absolute atomic E-state index is 12.2. The number of hydrogen-bond acceptors (Lipinski definition) is 2. The van der Waals surface area contributed by atoms with Crippen LogP contribution in [0.2, 0.25) is 0 Å². The van der Waals surface area contributed by atoms with Crippen LogP contribution in [0.3, 0.4) is 0 Å². The van der Waals surface area contributed by atoms with E-state index in [9.17, 15) is 4.79 Å². The number of amides is 1. The van der Waals surface area contributed by atoms with Gasteiger partial charge < -0.3 is 10.2 Å². The van der Waals surface area contributed by atoms with Crippen molar-refractivity contribution in [2.24, 2.45) is 5.92 Å². The van der Waals surface area contributed by atoms with Gasteiger partial charge in [-0.3, -0.25) is 4.79 Å². The minimum absolute atomic E-state index is 0. The molecule has 0 radical (unpaired) electrons. The fraction of sp³-hybridized carbons (Fsp3) is 0.929. The number of piperidine rings is 1. The quantitative estimate of drug-likeness (QED) is 0.809. The fourth-order valence-corrected chi connectivity index (χ4v) is 2.43. The van der Waals surface area contributed by atoms with E-state index in [4.69, 9.17) is 0 Å². The first-order valence-corrected chi connectivity index (χ1v) is 7.15. The summed E-state index contributed by atoms with van der Waals surface area (Å²) in [7, 11) is 0. The van der Waals surface area contributed by atoms with Crippen molar-refractivity contribution in [1.82, 2.24) is 10.2 Å². The molecule has 1 heterocycles. The van der Waals surface area contributed by atoms with Gasteiger partial charge in [0.1, 0.15) is 0 Å². The summed E-state index contributed by atoms with van der Waals surface area (Å²) in [5.74, 6) is 0.989. The Labute approximate surface area is 118 Å². The molecule has 0 saturated carbocycles. The summed E-state index contributed by atoms with van der Waals surface area (Å²) in [5.41, 5.74) is 0. The number of nitrogens with zero attached hydrogens (tertiary/aromatic N) is 1. The van der Waals surface area contributed by atoms with Crippen molar-refractivity contribution in [3.63, 3.8) is 0 Å². The van der Waals surface area contributed by atoms with Crippen LogP contribution >= 0.6 is 12.4 Å². The predicted molar refractivity (Wildman–Crippen MR) is 79.2 cm³/mol. The highest BCUT2D eigenvalue weighted by Gasteiger charge is 2.24. The molecule has 1 rings (SSSR count). The van der Waals surface area contributed by atoms with Gasteiger partial charge in [0.05, 0.1) is 0 Å². The Bertz CT molecular complexity index is 228. The van der Waals surface area contributed by atoms with E-state index in [0.29, 0.717) is 17.9 Å². The molecule has 0 aromatic rings. The summed E-state index contributed by atoms with van der Waals surface area (Å²) in [6.07, 6.45) is 5.05. The molecule has 0 bridgehead atoms. The lowest BCUT2D eigenvalue weighted by Gasteiger charge is -2.34. The van der Waals surface area contributed by atoms with Crippen LogP contribution in [-0.4, -0.2) is 36.5 Å². The number of hydrogen-bond donors (Lipinski definition) is 1. The standard InChI is InChI=1S/C14H28N2O.ClH/c1-4-11-16(13-7-9-15-10-8-13)14(17)6-5-12(2)3;/h12-13,15H,4-11H2,1-3H3;1H. The molecule has 1 amide bonds. The molecule has 1 aliphatic rings. The van der Waals surface area contributed by atoms with E-state index in [-0.39, 0.29) is 12.4 Å². The molecule has 1 N–H and O–H groups in total. The Morgan fingerprint density at radius 2 is 1.94 bits per heavy atom. The Hall–Kier alpha value is -0.280. The SMILES string of the molecule is CCCN(C(=O)CCC(C)C)C1CCNCC1.Cl. The van der Waals surface area contributed by atoms with Gasteiger partial charge >= 0.3 is 0 Å². The highest BCUT2D eigenvalue weighted by molar-refractivity contribution is 5.85. The summed E-state index contributed by atoms with van der Waals surface area (Å²) in [5, 5.41) is 3.36. The first-order chi connectivity index (χ1) is 8.15. The number of rotatable bonds is 6. The molecule has 3 nitrogen and oxygen atoms in total. The van der Waals surface area contributed by atoms with Crippen LogP contribution in [0.5, 0.6) is 0 Å². The Kier molecular flexibility index (Phi) is 9.47. The second-order valence-electron chi connectivity index (χ2n) is 5.50. The van der Waals surface area contributed by atoms with Crippen molar-refractivity contribution in [2.75, 3.05) is 19.6 Å². The third-order valence-corrected chi connectivity index (χ3v) is 3.47. The molecule has 18 heavy (non-hydrogen) atoms. The summed E-state index contributed by atoms with van der Waals surface area (Å²) < 4.78 is 0. The van der Waals surface area contributed by atoms with Crippen molar-refractivity contribution in [1.29, 1.82) is 0 Å². The monoisotopic (exact) mass is 276 g/mol. The molecule has 4 heteroatoms. The van der Waals surface area contributed by atoms with E-state index >= 15 is 0 Å². The average Bonchev–Trinajstić information content (AvgIpc) is 2.34. The van der Waals surface area contributed by atoms with E-state index in [1.54, 1.807) is 0 Å². The largest absolute Gasteiger partial charge is 0.340 e. The van der Waals surface area contributed by atoms with Gasteiger partial charge in [-0.2, -0.15) is 0 Å². The number of carbonyl (C=O) groups is 1. The van der Waals surface area contributed by atoms with Crippen LogP contribution in [0.15, 0.2) is 0 Å². The van der Waals surface area contributed by atoms with Crippen LogP contribution in [-0.2, 0) is 4.79 Å². The molecular weight excluding hydrogens is 248 g/mol. The molecule has 1 fully saturated rings. The van der Waals surface area contributed by atoms with Gasteiger partial charge in [-0.15, -0.1) is 12.4 Å². The lowest BCUT2D eigenvalue weighted by Crippen LogP contribution is -2.46.